The Labute approximate surface area is 122 Å². The van der Waals surface area contributed by atoms with Crippen molar-refractivity contribution >= 4 is 11.6 Å². The van der Waals surface area contributed by atoms with Gasteiger partial charge in [0.25, 0.3) is 0 Å². The Bertz CT molecular complexity index is 387. The van der Waals surface area contributed by atoms with E-state index >= 15 is 0 Å². The monoisotopic (exact) mass is 285 g/mol. The molecule has 0 aliphatic rings. The van der Waals surface area contributed by atoms with Crippen LogP contribution in [-0.2, 0) is 13.5 Å². The van der Waals surface area contributed by atoms with E-state index in [-0.39, 0.29) is 0 Å². The highest BCUT2D eigenvalue weighted by molar-refractivity contribution is 6.30. The molecule has 0 saturated heterocycles. The van der Waals surface area contributed by atoms with Crippen LogP contribution in [0, 0.1) is 12.8 Å². The molecule has 0 aliphatic carbocycles. The van der Waals surface area contributed by atoms with Gasteiger partial charge in [0.2, 0.25) is 0 Å². The second-order valence-corrected chi connectivity index (χ2v) is 5.94. The van der Waals surface area contributed by atoms with Crippen molar-refractivity contribution in [2.24, 2.45) is 13.0 Å². The largest absolute Gasteiger partial charge is 0.314 e. The molecular weight excluding hydrogens is 258 g/mol. The Hall–Kier alpha value is -0.540. The number of rotatable bonds is 8. The molecule has 0 spiro atoms. The van der Waals surface area contributed by atoms with Gasteiger partial charge in [-0.05, 0) is 38.6 Å². The summed E-state index contributed by atoms with van der Waals surface area (Å²) in [5.74, 6) is 0.741. The number of halogens is 1. The number of aryl methyl sites for hydroxylation is 2. The molecule has 2 unspecified atom stereocenters. The van der Waals surface area contributed by atoms with E-state index in [0.29, 0.717) is 6.04 Å². The van der Waals surface area contributed by atoms with Crippen molar-refractivity contribution in [2.45, 2.75) is 59.4 Å². The van der Waals surface area contributed by atoms with E-state index in [1.54, 1.807) is 4.68 Å². The molecule has 2 atom stereocenters. The average Bonchev–Trinajstić information content (AvgIpc) is 2.62. The second kappa shape index (κ2) is 7.91. The van der Waals surface area contributed by atoms with Gasteiger partial charge in [-0.15, -0.1) is 0 Å². The minimum atomic E-state index is 0.496. The summed E-state index contributed by atoms with van der Waals surface area (Å²) >= 11 is 6.34. The zero-order chi connectivity index (χ0) is 14.4. The van der Waals surface area contributed by atoms with E-state index < -0.39 is 0 Å². The first kappa shape index (κ1) is 16.5. The molecule has 1 rings (SSSR count). The molecule has 1 aromatic rings. The average molecular weight is 286 g/mol. The van der Waals surface area contributed by atoms with Gasteiger partial charge in [-0.3, -0.25) is 4.68 Å². The van der Waals surface area contributed by atoms with Gasteiger partial charge >= 0.3 is 0 Å². The van der Waals surface area contributed by atoms with E-state index in [0.717, 1.165) is 36.2 Å². The Morgan fingerprint density at radius 1 is 1.37 bits per heavy atom. The summed E-state index contributed by atoms with van der Waals surface area (Å²) < 4.78 is 1.77. The first-order chi connectivity index (χ1) is 8.99. The summed E-state index contributed by atoms with van der Waals surface area (Å²) in [7, 11) is 1.90. The summed E-state index contributed by atoms with van der Waals surface area (Å²) in [6.07, 6.45) is 4.56. The molecule has 0 amide bonds. The van der Waals surface area contributed by atoms with Crippen LogP contribution in [-0.4, -0.2) is 22.4 Å². The quantitative estimate of drug-likeness (QED) is 0.789. The van der Waals surface area contributed by atoms with Crippen LogP contribution >= 0.6 is 11.6 Å². The van der Waals surface area contributed by atoms with Crippen LogP contribution in [0.3, 0.4) is 0 Å². The Kier molecular flexibility index (Phi) is 6.87. The Balaban J connectivity index is 2.75. The summed E-state index contributed by atoms with van der Waals surface area (Å²) in [5.41, 5.74) is 2.25. The lowest BCUT2D eigenvalue weighted by Crippen LogP contribution is -2.33. The third kappa shape index (κ3) is 4.81. The molecule has 1 aromatic heterocycles. The molecule has 4 heteroatoms. The third-order valence-corrected chi connectivity index (χ3v) is 4.26. The molecule has 19 heavy (non-hydrogen) atoms. The van der Waals surface area contributed by atoms with E-state index in [1.807, 2.05) is 14.0 Å². The zero-order valence-electron chi connectivity index (χ0n) is 13.0. The maximum atomic E-state index is 6.34. The highest BCUT2D eigenvalue weighted by atomic mass is 35.5. The summed E-state index contributed by atoms with van der Waals surface area (Å²) in [5, 5.41) is 8.83. The predicted molar refractivity (Wildman–Crippen MR) is 82.8 cm³/mol. The standard InChI is InChI=1S/C15H28ClN3/c1-6-8-17-13(9-11(3)7-2)10-14-12(4)18-19(5)15(14)16/h11,13,17H,6-10H2,1-5H3. The molecule has 0 fully saturated rings. The van der Waals surface area contributed by atoms with Crippen molar-refractivity contribution in [2.75, 3.05) is 6.54 Å². The molecule has 0 saturated carbocycles. The molecule has 3 nitrogen and oxygen atoms in total. The van der Waals surface area contributed by atoms with Crippen molar-refractivity contribution in [1.29, 1.82) is 0 Å². The van der Waals surface area contributed by atoms with Gasteiger partial charge in [-0.1, -0.05) is 38.8 Å². The minimum absolute atomic E-state index is 0.496. The topological polar surface area (TPSA) is 29.9 Å². The van der Waals surface area contributed by atoms with E-state index in [4.69, 9.17) is 11.6 Å². The fourth-order valence-electron chi connectivity index (χ4n) is 2.39. The molecule has 0 aromatic carbocycles. The van der Waals surface area contributed by atoms with Crippen molar-refractivity contribution in [3.63, 3.8) is 0 Å². The van der Waals surface area contributed by atoms with Crippen molar-refractivity contribution in [3.05, 3.63) is 16.4 Å². The number of hydrogen-bond acceptors (Lipinski definition) is 2. The normalized spacial score (nSPS) is 14.6. The highest BCUT2D eigenvalue weighted by Gasteiger charge is 2.18. The van der Waals surface area contributed by atoms with Crippen molar-refractivity contribution in [1.82, 2.24) is 15.1 Å². The number of nitrogens with one attached hydrogen (secondary N) is 1. The van der Waals surface area contributed by atoms with Crippen LogP contribution in [0.15, 0.2) is 0 Å². The van der Waals surface area contributed by atoms with Crippen LogP contribution in [0.1, 0.15) is 51.3 Å². The van der Waals surface area contributed by atoms with Gasteiger partial charge in [0.15, 0.2) is 0 Å². The van der Waals surface area contributed by atoms with Crippen LogP contribution in [0.25, 0.3) is 0 Å². The van der Waals surface area contributed by atoms with E-state index in [1.165, 1.54) is 18.4 Å². The van der Waals surface area contributed by atoms with E-state index in [2.05, 4.69) is 31.2 Å². The van der Waals surface area contributed by atoms with Crippen LogP contribution < -0.4 is 5.32 Å². The number of hydrogen-bond donors (Lipinski definition) is 1. The van der Waals surface area contributed by atoms with Crippen LogP contribution in [0.2, 0.25) is 5.15 Å². The Morgan fingerprint density at radius 2 is 2.05 bits per heavy atom. The highest BCUT2D eigenvalue weighted by Crippen LogP contribution is 2.22. The molecule has 1 heterocycles. The number of nitrogens with zero attached hydrogens (tertiary/aromatic N) is 2. The maximum Gasteiger partial charge on any atom is 0.130 e. The lowest BCUT2D eigenvalue weighted by molar-refractivity contribution is 0.391. The molecule has 1 N–H and O–H groups in total. The van der Waals surface area contributed by atoms with Gasteiger partial charge < -0.3 is 5.32 Å². The first-order valence-corrected chi connectivity index (χ1v) is 7.78. The van der Waals surface area contributed by atoms with Gasteiger partial charge in [0.1, 0.15) is 5.15 Å². The van der Waals surface area contributed by atoms with Gasteiger partial charge in [0, 0.05) is 18.7 Å². The molecule has 0 aliphatic heterocycles. The number of aromatic nitrogens is 2. The van der Waals surface area contributed by atoms with Gasteiger partial charge in [0.05, 0.1) is 5.69 Å². The summed E-state index contributed by atoms with van der Waals surface area (Å²) in [6, 6.07) is 0.496. The lowest BCUT2D eigenvalue weighted by Gasteiger charge is -2.21. The predicted octanol–water partition coefficient (Wildman–Crippen LogP) is 3.73. The third-order valence-electron chi connectivity index (χ3n) is 3.79. The summed E-state index contributed by atoms with van der Waals surface area (Å²) in [4.78, 5) is 0. The van der Waals surface area contributed by atoms with E-state index in [9.17, 15) is 0 Å². The summed E-state index contributed by atoms with van der Waals surface area (Å²) in [6.45, 7) is 9.89. The molecule has 0 bridgehead atoms. The molecule has 0 radical (unpaired) electrons. The fraction of sp³-hybridized carbons (Fsp3) is 0.800. The maximum absolute atomic E-state index is 6.34. The second-order valence-electron chi connectivity index (χ2n) is 5.58. The minimum Gasteiger partial charge on any atom is -0.314 e. The SMILES string of the molecule is CCCNC(Cc1c(C)nn(C)c1Cl)CC(C)CC. The van der Waals surface area contributed by atoms with Crippen molar-refractivity contribution in [3.8, 4) is 0 Å². The lowest BCUT2D eigenvalue weighted by atomic mass is 9.94. The molecule has 110 valence electrons. The van der Waals surface area contributed by atoms with Gasteiger partial charge in [-0.25, -0.2) is 0 Å². The van der Waals surface area contributed by atoms with Crippen LogP contribution in [0.5, 0.6) is 0 Å². The van der Waals surface area contributed by atoms with Crippen molar-refractivity contribution < 1.29 is 0 Å². The fourth-order valence-corrected chi connectivity index (χ4v) is 2.64. The first-order valence-electron chi connectivity index (χ1n) is 7.40. The smallest absolute Gasteiger partial charge is 0.130 e. The Morgan fingerprint density at radius 3 is 2.53 bits per heavy atom. The molecular formula is C15H28ClN3. The van der Waals surface area contributed by atoms with Gasteiger partial charge in [-0.2, -0.15) is 5.10 Å². The zero-order valence-corrected chi connectivity index (χ0v) is 13.7. The van der Waals surface area contributed by atoms with Crippen LogP contribution in [0.4, 0.5) is 0 Å².